The van der Waals surface area contributed by atoms with Crippen LogP contribution in [0, 0.1) is 6.92 Å². The summed E-state index contributed by atoms with van der Waals surface area (Å²) in [6.07, 6.45) is -5.09. The van der Waals surface area contributed by atoms with Crippen molar-refractivity contribution in [2.45, 2.75) is 13.3 Å². The molecule has 0 atom stereocenters. The van der Waals surface area contributed by atoms with E-state index >= 15 is 0 Å². The smallest absolute Gasteiger partial charge is 0.405 e. The number of carbonyl (C=O) groups is 4. The highest BCUT2D eigenvalue weighted by molar-refractivity contribution is 6.17. The van der Waals surface area contributed by atoms with E-state index in [4.69, 9.17) is 0 Å². The van der Waals surface area contributed by atoms with E-state index in [1.807, 2.05) is 0 Å². The van der Waals surface area contributed by atoms with E-state index in [9.17, 15) is 32.3 Å². The van der Waals surface area contributed by atoms with Crippen LogP contribution in [0.1, 0.15) is 47.0 Å². The SMILES string of the molecule is Cc1cc2c(cc1-c1cc3c(cc1OC(F)(F)F)C(=O)OC3=O)C(=O)OC2=O. The molecule has 2 aromatic carbocycles. The van der Waals surface area contributed by atoms with E-state index in [1.165, 1.54) is 19.1 Å². The lowest BCUT2D eigenvalue weighted by molar-refractivity contribution is -0.274. The van der Waals surface area contributed by atoms with Gasteiger partial charge < -0.3 is 14.2 Å². The van der Waals surface area contributed by atoms with Crippen LogP contribution in [0.15, 0.2) is 24.3 Å². The molecule has 4 rings (SSSR count). The lowest BCUT2D eigenvalue weighted by Crippen LogP contribution is -2.18. The van der Waals surface area contributed by atoms with Gasteiger partial charge in [0.2, 0.25) is 0 Å². The average Bonchev–Trinajstić information content (AvgIpc) is 3.01. The first-order chi connectivity index (χ1) is 13.0. The number of rotatable bonds is 2. The van der Waals surface area contributed by atoms with E-state index in [2.05, 4.69) is 14.2 Å². The third kappa shape index (κ3) is 2.70. The van der Waals surface area contributed by atoms with Crippen molar-refractivity contribution in [1.82, 2.24) is 0 Å². The summed E-state index contributed by atoms with van der Waals surface area (Å²) in [6, 6.07) is 4.22. The van der Waals surface area contributed by atoms with Gasteiger partial charge in [-0.15, -0.1) is 13.2 Å². The van der Waals surface area contributed by atoms with Crippen LogP contribution in [0.5, 0.6) is 5.75 Å². The highest BCUT2D eigenvalue weighted by atomic mass is 19.4. The highest BCUT2D eigenvalue weighted by Crippen LogP contribution is 2.41. The number of alkyl halides is 3. The number of hydrogen-bond acceptors (Lipinski definition) is 7. The normalized spacial score (nSPS) is 15.3. The third-order valence-corrected chi connectivity index (χ3v) is 4.25. The lowest BCUT2D eigenvalue weighted by Gasteiger charge is -2.16. The Bertz CT molecular complexity index is 1120. The van der Waals surface area contributed by atoms with Crippen molar-refractivity contribution in [3.63, 3.8) is 0 Å². The number of aryl methyl sites for hydroxylation is 1. The number of esters is 4. The van der Waals surface area contributed by atoms with Gasteiger partial charge in [-0.25, -0.2) is 19.2 Å². The molecule has 2 aliphatic heterocycles. The van der Waals surface area contributed by atoms with Gasteiger partial charge in [-0.3, -0.25) is 0 Å². The Hall–Kier alpha value is -3.69. The Morgan fingerprint density at radius 1 is 0.679 bits per heavy atom. The molecular weight excluding hydrogens is 385 g/mol. The van der Waals surface area contributed by atoms with Gasteiger partial charge in [0.05, 0.1) is 22.3 Å². The van der Waals surface area contributed by atoms with Crippen molar-refractivity contribution in [3.8, 4) is 16.9 Å². The highest BCUT2D eigenvalue weighted by Gasteiger charge is 2.37. The van der Waals surface area contributed by atoms with Crippen LogP contribution in [0.4, 0.5) is 13.2 Å². The topological polar surface area (TPSA) is 96.0 Å². The number of carbonyl (C=O) groups excluding carboxylic acids is 4. The van der Waals surface area contributed by atoms with E-state index in [0.29, 0.717) is 5.56 Å². The van der Waals surface area contributed by atoms with Gasteiger partial charge in [0.15, 0.2) is 0 Å². The average molecular weight is 392 g/mol. The number of halogens is 3. The Morgan fingerprint density at radius 2 is 1.11 bits per heavy atom. The molecule has 0 radical (unpaired) electrons. The van der Waals surface area contributed by atoms with E-state index in [1.54, 1.807) is 0 Å². The van der Waals surface area contributed by atoms with Gasteiger partial charge in [0, 0.05) is 5.56 Å². The molecule has 2 heterocycles. The zero-order chi connectivity index (χ0) is 20.4. The quantitative estimate of drug-likeness (QED) is 0.572. The van der Waals surface area contributed by atoms with E-state index in [-0.39, 0.29) is 33.4 Å². The van der Waals surface area contributed by atoms with Crippen LogP contribution in [-0.2, 0) is 9.47 Å². The molecule has 0 saturated heterocycles. The van der Waals surface area contributed by atoms with Crippen LogP contribution in [-0.4, -0.2) is 30.2 Å². The molecule has 2 aliphatic rings. The van der Waals surface area contributed by atoms with Crippen LogP contribution >= 0.6 is 0 Å². The molecule has 10 heteroatoms. The van der Waals surface area contributed by atoms with Crippen molar-refractivity contribution >= 4 is 23.9 Å². The fourth-order valence-corrected chi connectivity index (χ4v) is 3.06. The number of ether oxygens (including phenoxy) is 3. The Labute approximate surface area is 153 Å². The molecule has 28 heavy (non-hydrogen) atoms. The first-order valence-electron chi connectivity index (χ1n) is 7.67. The van der Waals surface area contributed by atoms with Gasteiger partial charge in [-0.2, -0.15) is 0 Å². The standard InChI is InChI=1S/C18H7F3O7/c1-6-2-9-10(15(23)26-14(9)22)3-7(6)8-4-11-12(17(25)27-16(11)24)5-13(8)28-18(19,20)21/h2-5H,1H3. The molecule has 2 aromatic rings. The fourth-order valence-electron chi connectivity index (χ4n) is 3.06. The largest absolute Gasteiger partial charge is 0.573 e. The van der Waals surface area contributed by atoms with Gasteiger partial charge in [-0.05, 0) is 42.3 Å². The summed E-state index contributed by atoms with van der Waals surface area (Å²) in [5.74, 6) is -4.70. The van der Waals surface area contributed by atoms with Gasteiger partial charge in [-0.1, -0.05) is 0 Å². The second-order valence-electron chi connectivity index (χ2n) is 6.01. The third-order valence-electron chi connectivity index (χ3n) is 4.25. The number of fused-ring (bicyclic) bond motifs is 2. The molecule has 0 saturated carbocycles. The van der Waals surface area contributed by atoms with Crippen molar-refractivity contribution < 1.29 is 46.6 Å². The number of benzene rings is 2. The molecule has 7 nitrogen and oxygen atoms in total. The van der Waals surface area contributed by atoms with Gasteiger partial charge in [0.25, 0.3) is 0 Å². The van der Waals surface area contributed by atoms with Gasteiger partial charge >= 0.3 is 30.2 Å². The maximum absolute atomic E-state index is 12.9. The molecule has 0 bridgehead atoms. The molecule has 0 N–H and O–H groups in total. The first kappa shape index (κ1) is 17.7. The van der Waals surface area contributed by atoms with Crippen molar-refractivity contribution in [1.29, 1.82) is 0 Å². The summed E-state index contributed by atoms with van der Waals surface area (Å²) in [5, 5.41) is 0. The predicted molar refractivity (Wildman–Crippen MR) is 82.8 cm³/mol. The van der Waals surface area contributed by atoms with Crippen LogP contribution in [0.3, 0.4) is 0 Å². The minimum Gasteiger partial charge on any atom is -0.405 e. The van der Waals surface area contributed by atoms with Crippen molar-refractivity contribution in [3.05, 3.63) is 52.1 Å². The minimum atomic E-state index is -5.09. The van der Waals surface area contributed by atoms with Crippen molar-refractivity contribution in [2.75, 3.05) is 0 Å². The second-order valence-corrected chi connectivity index (χ2v) is 6.01. The summed E-state index contributed by atoms with van der Waals surface area (Å²) in [5.41, 5.74) is -0.595. The maximum Gasteiger partial charge on any atom is 0.573 e. The maximum atomic E-state index is 12.9. The first-order valence-corrected chi connectivity index (χ1v) is 7.67. The Kier molecular flexibility index (Phi) is 3.57. The summed E-state index contributed by atoms with van der Waals surface area (Å²) in [7, 11) is 0. The van der Waals surface area contributed by atoms with Crippen molar-refractivity contribution in [2.24, 2.45) is 0 Å². The molecule has 0 fully saturated rings. The number of cyclic esters (lactones) is 4. The summed E-state index contributed by atoms with van der Waals surface area (Å²) in [6.45, 7) is 1.49. The van der Waals surface area contributed by atoms with Crippen LogP contribution < -0.4 is 4.74 Å². The fraction of sp³-hybridized carbons (Fsp3) is 0.111. The zero-order valence-electron chi connectivity index (χ0n) is 13.8. The molecule has 0 spiro atoms. The Balaban J connectivity index is 1.97. The van der Waals surface area contributed by atoms with Crippen LogP contribution in [0.2, 0.25) is 0 Å². The lowest BCUT2D eigenvalue weighted by atomic mass is 9.92. The molecule has 0 unspecified atom stereocenters. The monoisotopic (exact) mass is 392 g/mol. The van der Waals surface area contributed by atoms with Gasteiger partial charge in [0.1, 0.15) is 5.75 Å². The van der Waals surface area contributed by atoms with E-state index < -0.39 is 36.0 Å². The zero-order valence-corrected chi connectivity index (χ0v) is 13.8. The van der Waals surface area contributed by atoms with E-state index in [0.717, 1.165) is 12.1 Å². The molecule has 0 aliphatic carbocycles. The molecule has 0 aromatic heterocycles. The molecular formula is C18H7F3O7. The summed E-state index contributed by atoms with van der Waals surface area (Å²) in [4.78, 5) is 46.9. The molecule has 142 valence electrons. The number of hydrogen-bond donors (Lipinski definition) is 0. The summed E-state index contributed by atoms with van der Waals surface area (Å²) >= 11 is 0. The minimum absolute atomic E-state index is 0.0275. The molecule has 0 amide bonds. The second kappa shape index (κ2) is 5.65. The Morgan fingerprint density at radius 3 is 1.61 bits per heavy atom. The predicted octanol–water partition coefficient (Wildman–Crippen LogP) is 3.18. The summed E-state index contributed by atoms with van der Waals surface area (Å²) < 4.78 is 51.5. The van der Waals surface area contributed by atoms with Crippen LogP contribution in [0.25, 0.3) is 11.1 Å².